The quantitative estimate of drug-likeness (QED) is 0.286. The Morgan fingerprint density at radius 1 is 1.40 bits per heavy atom. The molecule has 0 bridgehead atoms. The van der Waals surface area contributed by atoms with E-state index in [2.05, 4.69) is 22.5 Å². The third-order valence-corrected chi connectivity index (χ3v) is 5.71. The second-order valence-electron chi connectivity index (χ2n) is 5.24. The SMILES string of the molecule is CN=C(NCCCS(C)(=O)=O)NCC1(C)CCCS1.I. The van der Waals surface area contributed by atoms with Gasteiger partial charge in [0.1, 0.15) is 9.84 Å². The zero-order valence-electron chi connectivity index (χ0n) is 12.4. The van der Waals surface area contributed by atoms with Crippen molar-refractivity contribution in [2.75, 3.05) is 37.9 Å². The zero-order valence-corrected chi connectivity index (χ0v) is 16.4. The topological polar surface area (TPSA) is 70.6 Å². The lowest BCUT2D eigenvalue weighted by Crippen LogP contribution is -2.44. The molecule has 0 amide bonds. The Bertz CT molecular complexity index is 407. The molecule has 0 aromatic rings. The van der Waals surface area contributed by atoms with Crippen molar-refractivity contribution in [3.05, 3.63) is 0 Å². The molecular formula is C12H26IN3O2S2. The number of halogens is 1. The molecule has 0 aromatic heterocycles. The van der Waals surface area contributed by atoms with E-state index in [4.69, 9.17) is 0 Å². The van der Waals surface area contributed by atoms with E-state index in [1.807, 2.05) is 11.8 Å². The maximum atomic E-state index is 11.0. The second kappa shape index (κ2) is 9.34. The molecule has 120 valence electrons. The van der Waals surface area contributed by atoms with E-state index in [1.54, 1.807) is 7.05 Å². The molecule has 1 unspecified atom stereocenters. The highest BCUT2D eigenvalue weighted by Gasteiger charge is 2.29. The zero-order chi connectivity index (χ0) is 14.4. The largest absolute Gasteiger partial charge is 0.356 e. The Balaban J connectivity index is 0.00000361. The van der Waals surface area contributed by atoms with Crippen LogP contribution in [0.2, 0.25) is 0 Å². The van der Waals surface area contributed by atoms with Crippen molar-refractivity contribution >= 4 is 51.5 Å². The van der Waals surface area contributed by atoms with Gasteiger partial charge >= 0.3 is 0 Å². The van der Waals surface area contributed by atoms with Crippen LogP contribution in [0.5, 0.6) is 0 Å². The fourth-order valence-corrected chi connectivity index (χ4v) is 3.92. The lowest BCUT2D eigenvalue weighted by atomic mass is 10.1. The first-order valence-electron chi connectivity index (χ1n) is 6.61. The van der Waals surface area contributed by atoms with Gasteiger partial charge in [0.05, 0.1) is 5.75 Å². The van der Waals surface area contributed by atoms with Gasteiger partial charge in [0, 0.05) is 31.1 Å². The van der Waals surface area contributed by atoms with Crippen molar-refractivity contribution in [3.63, 3.8) is 0 Å². The molecule has 1 heterocycles. The van der Waals surface area contributed by atoms with Crippen molar-refractivity contribution in [1.82, 2.24) is 10.6 Å². The van der Waals surface area contributed by atoms with Crippen LogP contribution in [0.15, 0.2) is 4.99 Å². The first-order valence-corrected chi connectivity index (χ1v) is 9.65. The van der Waals surface area contributed by atoms with Crippen molar-refractivity contribution in [3.8, 4) is 0 Å². The van der Waals surface area contributed by atoms with Gasteiger partial charge in [0.2, 0.25) is 0 Å². The van der Waals surface area contributed by atoms with Crippen LogP contribution in [0.25, 0.3) is 0 Å². The van der Waals surface area contributed by atoms with E-state index >= 15 is 0 Å². The Kier molecular flexibility index (Phi) is 9.48. The summed E-state index contributed by atoms with van der Waals surface area (Å²) in [6.45, 7) is 3.79. The van der Waals surface area contributed by atoms with Crippen LogP contribution in [0.4, 0.5) is 0 Å². The fraction of sp³-hybridized carbons (Fsp3) is 0.917. The number of sulfone groups is 1. The number of aliphatic imine (C=N–C) groups is 1. The Hall–Kier alpha value is 0.300. The molecule has 1 rings (SSSR count). The predicted octanol–water partition coefficient (Wildman–Crippen LogP) is 1.49. The molecule has 5 nitrogen and oxygen atoms in total. The van der Waals surface area contributed by atoms with Crippen LogP contribution in [-0.4, -0.2) is 57.0 Å². The van der Waals surface area contributed by atoms with Crippen molar-refractivity contribution in [2.24, 2.45) is 4.99 Å². The van der Waals surface area contributed by atoms with Gasteiger partial charge in [0.15, 0.2) is 5.96 Å². The molecule has 20 heavy (non-hydrogen) atoms. The van der Waals surface area contributed by atoms with Crippen molar-refractivity contribution < 1.29 is 8.42 Å². The van der Waals surface area contributed by atoms with Crippen LogP contribution in [0.1, 0.15) is 26.2 Å². The monoisotopic (exact) mass is 435 g/mol. The van der Waals surface area contributed by atoms with Gasteiger partial charge in [0.25, 0.3) is 0 Å². The normalized spacial score (nSPS) is 23.2. The number of rotatable bonds is 6. The minimum Gasteiger partial charge on any atom is -0.356 e. The van der Waals surface area contributed by atoms with E-state index in [9.17, 15) is 8.42 Å². The third-order valence-electron chi connectivity index (χ3n) is 3.14. The Morgan fingerprint density at radius 3 is 2.60 bits per heavy atom. The maximum Gasteiger partial charge on any atom is 0.191 e. The summed E-state index contributed by atoms with van der Waals surface area (Å²) in [5.74, 6) is 2.20. The minimum atomic E-state index is -2.87. The molecule has 1 saturated heterocycles. The molecule has 8 heteroatoms. The average molecular weight is 435 g/mol. The molecule has 1 fully saturated rings. The van der Waals surface area contributed by atoms with Crippen molar-refractivity contribution in [1.29, 1.82) is 0 Å². The van der Waals surface area contributed by atoms with Gasteiger partial charge < -0.3 is 10.6 Å². The van der Waals surface area contributed by atoms with Gasteiger partial charge in [-0.1, -0.05) is 0 Å². The molecule has 0 spiro atoms. The first kappa shape index (κ1) is 20.3. The molecule has 1 aliphatic rings. The number of guanidine groups is 1. The smallest absolute Gasteiger partial charge is 0.191 e. The number of nitrogens with one attached hydrogen (secondary N) is 2. The van der Waals surface area contributed by atoms with Gasteiger partial charge in [-0.05, 0) is 31.9 Å². The van der Waals surface area contributed by atoms with Gasteiger partial charge in [-0.15, -0.1) is 24.0 Å². The van der Waals surface area contributed by atoms with Crippen LogP contribution >= 0.6 is 35.7 Å². The standard InChI is InChI=1S/C12H25N3O2S2.HI/c1-12(6-4-8-18-12)10-15-11(13-2)14-7-5-9-19(3,16)17;/h4-10H2,1-3H3,(H2,13,14,15);1H. The van der Waals surface area contributed by atoms with Gasteiger partial charge in [-0.2, -0.15) is 11.8 Å². The summed E-state index contributed by atoms with van der Waals surface area (Å²) in [5.41, 5.74) is 0. The number of hydrogen-bond acceptors (Lipinski definition) is 4. The number of thioether (sulfide) groups is 1. The van der Waals surface area contributed by atoms with E-state index in [-0.39, 0.29) is 29.7 Å². The lowest BCUT2D eigenvalue weighted by molar-refractivity contribution is 0.583. The third kappa shape index (κ3) is 8.56. The molecule has 1 atom stereocenters. The van der Waals surface area contributed by atoms with Gasteiger partial charge in [-0.3, -0.25) is 4.99 Å². The van der Waals surface area contributed by atoms with Crippen LogP contribution < -0.4 is 10.6 Å². The number of hydrogen-bond donors (Lipinski definition) is 2. The highest BCUT2D eigenvalue weighted by Crippen LogP contribution is 2.36. The average Bonchev–Trinajstić information content (AvgIpc) is 2.74. The summed E-state index contributed by atoms with van der Waals surface area (Å²) in [7, 11) is -1.14. The van der Waals surface area contributed by atoms with Crippen LogP contribution in [0, 0.1) is 0 Å². The molecular weight excluding hydrogens is 409 g/mol. The molecule has 0 aromatic carbocycles. The van der Waals surface area contributed by atoms with E-state index in [1.165, 1.54) is 24.9 Å². The first-order chi connectivity index (χ1) is 8.85. The van der Waals surface area contributed by atoms with E-state index in [0.29, 0.717) is 17.7 Å². The Morgan fingerprint density at radius 2 is 2.10 bits per heavy atom. The summed E-state index contributed by atoms with van der Waals surface area (Å²) in [5, 5.41) is 6.47. The fourth-order valence-electron chi connectivity index (χ4n) is 2.01. The van der Waals surface area contributed by atoms with Crippen LogP contribution in [0.3, 0.4) is 0 Å². The highest BCUT2D eigenvalue weighted by molar-refractivity contribution is 14.0. The molecule has 2 N–H and O–H groups in total. The summed E-state index contributed by atoms with van der Waals surface area (Å²) in [6.07, 6.45) is 4.38. The molecule has 0 aliphatic carbocycles. The predicted molar refractivity (Wildman–Crippen MR) is 99.2 cm³/mol. The number of nitrogens with zero attached hydrogens (tertiary/aromatic N) is 1. The highest BCUT2D eigenvalue weighted by atomic mass is 127. The van der Waals surface area contributed by atoms with Gasteiger partial charge in [-0.25, -0.2) is 8.42 Å². The van der Waals surface area contributed by atoms with E-state index in [0.717, 1.165) is 12.5 Å². The lowest BCUT2D eigenvalue weighted by Gasteiger charge is -2.24. The maximum absolute atomic E-state index is 11.0. The van der Waals surface area contributed by atoms with Crippen LogP contribution in [-0.2, 0) is 9.84 Å². The Labute approximate surface area is 144 Å². The molecule has 1 aliphatic heterocycles. The minimum absolute atomic E-state index is 0. The summed E-state index contributed by atoms with van der Waals surface area (Å²) >= 11 is 2.00. The van der Waals surface area contributed by atoms with E-state index < -0.39 is 9.84 Å². The molecule has 0 saturated carbocycles. The summed E-state index contributed by atoms with van der Waals surface area (Å²) in [4.78, 5) is 4.15. The summed E-state index contributed by atoms with van der Waals surface area (Å²) in [6, 6.07) is 0. The molecule has 0 radical (unpaired) electrons. The summed E-state index contributed by atoms with van der Waals surface area (Å²) < 4.78 is 22.3. The second-order valence-corrected chi connectivity index (χ2v) is 9.18. The van der Waals surface area contributed by atoms with Crippen molar-refractivity contribution in [2.45, 2.75) is 30.9 Å².